The van der Waals surface area contributed by atoms with Crippen LogP contribution in [0.4, 0.5) is 10.5 Å². The zero-order chi connectivity index (χ0) is 73.7. The van der Waals surface area contributed by atoms with Gasteiger partial charge in [0.1, 0.15) is 43.0 Å². The summed E-state index contributed by atoms with van der Waals surface area (Å²) in [6, 6.07) is 12.9. The number of primary amides is 1. The highest BCUT2D eigenvalue weighted by Gasteiger charge is 2.44. The van der Waals surface area contributed by atoms with Gasteiger partial charge in [-0.05, 0) is 86.8 Å². The van der Waals surface area contributed by atoms with Crippen molar-refractivity contribution in [1.82, 2.24) is 61.7 Å². The molecule has 3 aromatic carbocycles. The van der Waals surface area contributed by atoms with E-state index < -0.39 is 152 Å². The molecule has 0 unspecified atom stereocenters. The van der Waals surface area contributed by atoms with Crippen LogP contribution in [0.2, 0.25) is 0 Å². The number of hydrogen-bond donors (Lipinski definition) is 10. The van der Waals surface area contributed by atoms with Gasteiger partial charge in [0.25, 0.3) is 5.91 Å². The summed E-state index contributed by atoms with van der Waals surface area (Å²) in [4.78, 5) is 159. The third kappa shape index (κ3) is 23.1. The Bertz CT molecular complexity index is 3460. The van der Waals surface area contributed by atoms with E-state index in [4.69, 9.17) is 29.7 Å². The summed E-state index contributed by atoms with van der Waals surface area (Å²) in [5.41, 5.74) is 7.27. The molecule has 0 saturated carbocycles. The number of aromatic nitrogens is 4. The number of ether oxygens (including phenoxy) is 3. The summed E-state index contributed by atoms with van der Waals surface area (Å²) < 4.78 is 28.9. The maximum atomic E-state index is 14.8. The first kappa shape index (κ1) is 80.8. The van der Waals surface area contributed by atoms with Crippen molar-refractivity contribution in [3.63, 3.8) is 0 Å². The van der Waals surface area contributed by atoms with Crippen LogP contribution in [0.25, 0.3) is 11.4 Å². The van der Waals surface area contributed by atoms with Gasteiger partial charge < -0.3 is 76.5 Å². The number of amides is 10. The van der Waals surface area contributed by atoms with Crippen molar-refractivity contribution < 1.29 is 81.6 Å². The molecule has 0 spiro atoms. The molecule has 0 bridgehead atoms. The molecule has 31 nitrogen and oxygen atoms in total. The minimum absolute atomic E-state index is 0.0163. The van der Waals surface area contributed by atoms with E-state index in [-0.39, 0.29) is 53.7 Å². The fourth-order valence-electron chi connectivity index (χ4n) is 11.7. The first-order valence-corrected chi connectivity index (χ1v) is 34.6. The number of methoxy groups -OCH3 is 2. The fraction of sp³-hybridized carbons (Fsp3) is 0.552. The molecule has 1 aliphatic heterocycles. The smallest absolute Gasteiger partial charge is 0.410 e. The molecule has 10 amide bonds. The van der Waals surface area contributed by atoms with Gasteiger partial charge in [-0.15, -0.1) is 20.4 Å². The van der Waals surface area contributed by atoms with Crippen molar-refractivity contribution in [3.8, 4) is 11.4 Å². The Hall–Kier alpha value is -8.87. The quantitative estimate of drug-likeness (QED) is 0.0296. The molecular formula is C67H97N14O17P. The molecule has 13 atom stereocenters. The standard InChI is InChI=1S/C67H97N14O17P/c1-15-38(6)56(50(96-13)33-53(83)81-31-19-22-49(81)58(97-14)39(7)60(85)69-40(8)57(84)44-20-17-16-18-21-44)79(11)66(91)54(36(2)3)74-65(90)55(37(4)5)80(12)67(92)98-34-43-23-29-47(30-24-43)72-64(89)48(32-51(68)82)73-62(87)42(10)70-61(86)41(9)71-63(88)46-27-25-45(26-28-46)59-77-75-52(76-78-59)35-99(93,94)95/h16-18,20-21,23-30,36-42,48-50,54-58,84H,15,19,22,31-35H2,1-14H3,(H2,68,82)(H,69,85)(H,70,86)(H,71,88)(H,72,89)(H,73,87)(H,74,90)(H2,93,94,95)/t38-,39+,40+,41-,42-,48-,49-,50+,54-,55-,56-,57+,58+/m0/s1. The lowest BCUT2D eigenvalue weighted by Gasteiger charge is -2.41. The Morgan fingerprint density at radius 1 is 0.697 bits per heavy atom. The van der Waals surface area contributed by atoms with Crippen molar-refractivity contribution in [2.75, 3.05) is 40.2 Å². The van der Waals surface area contributed by atoms with Crippen molar-refractivity contribution in [3.05, 3.63) is 101 Å². The maximum Gasteiger partial charge on any atom is 0.410 e. The third-order valence-corrected chi connectivity index (χ3v) is 18.2. The number of rotatable bonds is 35. The van der Waals surface area contributed by atoms with Gasteiger partial charge in [0.2, 0.25) is 53.1 Å². The van der Waals surface area contributed by atoms with Gasteiger partial charge in [-0.2, -0.15) is 0 Å². The molecule has 99 heavy (non-hydrogen) atoms. The number of carbonyl (C=O) groups excluding carboxylic acids is 10. The molecule has 11 N–H and O–H groups in total. The van der Waals surface area contributed by atoms with E-state index in [9.17, 15) is 57.6 Å². The Kier molecular flexibility index (Phi) is 30.5. The average Bonchev–Trinajstić information content (AvgIpc) is 1.80. The van der Waals surface area contributed by atoms with Gasteiger partial charge in [0.15, 0.2) is 5.82 Å². The number of aliphatic hydroxyl groups is 1. The summed E-state index contributed by atoms with van der Waals surface area (Å²) in [7, 11) is 1.57. The lowest BCUT2D eigenvalue weighted by atomic mass is 9.89. The number of likely N-dealkylation sites (tertiary alicyclic amines) is 1. The van der Waals surface area contributed by atoms with Gasteiger partial charge in [-0.3, -0.25) is 52.6 Å². The van der Waals surface area contributed by atoms with E-state index in [0.717, 1.165) is 4.90 Å². The molecule has 1 aromatic heterocycles. The first-order chi connectivity index (χ1) is 46.6. The summed E-state index contributed by atoms with van der Waals surface area (Å²) >= 11 is 0. The molecule has 32 heteroatoms. The van der Waals surface area contributed by atoms with Crippen molar-refractivity contribution >= 4 is 72.5 Å². The predicted octanol–water partition coefficient (Wildman–Crippen LogP) is 3.13. The van der Waals surface area contributed by atoms with Gasteiger partial charge >= 0.3 is 13.7 Å². The second-order valence-corrected chi connectivity index (χ2v) is 27.4. The van der Waals surface area contributed by atoms with Gasteiger partial charge in [-0.1, -0.05) is 109 Å². The van der Waals surface area contributed by atoms with Crippen molar-refractivity contribution in [2.45, 2.75) is 181 Å². The number of likely N-dealkylation sites (N-methyl/N-ethyl adjacent to an activating group) is 2. The number of benzene rings is 3. The number of nitrogens with zero attached hydrogens (tertiary/aromatic N) is 7. The number of carbonyl (C=O) groups is 10. The van der Waals surface area contributed by atoms with E-state index in [1.54, 1.807) is 65.6 Å². The number of nitrogens with one attached hydrogen (secondary N) is 6. The molecule has 5 rings (SSSR count). The van der Waals surface area contributed by atoms with Crippen LogP contribution >= 0.6 is 7.60 Å². The molecule has 1 fully saturated rings. The first-order valence-electron chi connectivity index (χ1n) is 32.8. The normalized spacial score (nSPS) is 16.8. The highest BCUT2D eigenvalue weighted by atomic mass is 31.2. The molecule has 542 valence electrons. The molecule has 0 aliphatic carbocycles. The summed E-state index contributed by atoms with van der Waals surface area (Å²) in [6.45, 7) is 17.2. The topological polar surface area (TPSA) is 436 Å². The van der Waals surface area contributed by atoms with Gasteiger partial charge in [0.05, 0.1) is 55.2 Å². The van der Waals surface area contributed by atoms with E-state index in [1.165, 1.54) is 88.5 Å². The Labute approximate surface area is 576 Å². The lowest BCUT2D eigenvalue weighted by Crippen LogP contribution is -2.60. The van der Waals surface area contributed by atoms with E-state index in [2.05, 4.69) is 52.3 Å². The largest absolute Gasteiger partial charge is 0.445 e. The summed E-state index contributed by atoms with van der Waals surface area (Å²) in [5.74, 6) is -7.79. The Balaban J connectivity index is 1.14. The number of aliphatic hydroxyl groups excluding tert-OH is 1. The summed E-state index contributed by atoms with van der Waals surface area (Å²) in [5, 5.41) is 41.7. The Morgan fingerprint density at radius 3 is 1.86 bits per heavy atom. The molecule has 2 heterocycles. The van der Waals surface area contributed by atoms with E-state index in [1.807, 2.05) is 32.0 Å². The zero-order valence-electron chi connectivity index (χ0n) is 58.5. The minimum Gasteiger partial charge on any atom is -0.445 e. The average molecular weight is 1400 g/mol. The molecule has 4 aromatic rings. The van der Waals surface area contributed by atoms with Crippen molar-refractivity contribution in [2.24, 2.45) is 29.4 Å². The van der Waals surface area contributed by atoms with Crippen LogP contribution in [0.3, 0.4) is 0 Å². The second-order valence-electron chi connectivity index (χ2n) is 25.7. The van der Waals surface area contributed by atoms with Crippen LogP contribution in [0, 0.1) is 23.7 Å². The fourth-order valence-corrected chi connectivity index (χ4v) is 12.2. The molecular weight excluding hydrogens is 1300 g/mol. The monoisotopic (exact) mass is 1400 g/mol. The molecule has 1 aliphatic rings. The van der Waals surface area contributed by atoms with Crippen LogP contribution in [0.1, 0.15) is 135 Å². The second kappa shape index (κ2) is 37.4. The van der Waals surface area contributed by atoms with E-state index >= 15 is 0 Å². The predicted molar refractivity (Wildman–Crippen MR) is 363 cm³/mol. The molecule has 0 radical (unpaired) electrons. The van der Waals surface area contributed by atoms with Gasteiger partial charge in [0, 0.05) is 51.7 Å². The Morgan fingerprint density at radius 2 is 1.30 bits per heavy atom. The molecule has 1 saturated heterocycles. The number of anilines is 1. The zero-order valence-corrected chi connectivity index (χ0v) is 59.4. The van der Waals surface area contributed by atoms with E-state index in [0.29, 0.717) is 42.5 Å². The van der Waals surface area contributed by atoms with Crippen LogP contribution in [0.15, 0.2) is 78.9 Å². The number of hydrogen-bond acceptors (Lipinski definition) is 19. The maximum absolute atomic E-state index is 14.8. The summed E-state index contributed by atoms with van der Waals surface area (Å²) in [6.07, 6.45) is -2.91. The minimum atomic E-state index is -4.44. The third-order valence-electron chi connectivity index (χ3n) is 17.5. The van der Waals surface area contributed by atoms with Gasteiger partial charge in [-0.25, -0.2) is 4.79 Å². The highest BCUT2D eigenvalue weighted by molar-refractivity contribution is 7.50. The highest BCUT2D eigenvalue weighted by Crippen LogP contribution is 2.38. The van der Waals surface area contributed by atoms with Crippen LogP contribution in [-0.4, -0.2) is 205 Å². The SMILES string of the molecule is CC[C@H](C)[C@@H]([C@@H](CC(=O)N1CCC[C@H]1[C@H](OC)[C@@H](C)C(=O)N[C@H](C)[C@@H](O)c1ccccc1)OC)N(C)C(=O)[C@@H](NC(=O)[C@H](C(C)C)N(C)C(=O)OCc1ccc(NC(=O)[C@H](CC(N)=O)NC(=O)[C@H](C)NC(=O)[C@H](C)NC(=O)c2ccc(-c3nnc(CP(=O)(O)O)nn3)cc2)cc1)C(C)C. The number of nitrogens with two attached hydrogens (primary N) is 1. The van der Waals surface area contributed by atoms with Crippen molar-refractivity contribution in [1.29, 1.82) is 0 Å². The van der Waals surface area contributed by atoms with Crippen LogP contribution in [0.5, 0.6) is 0 Å². The lowest BCUT2D eigenvalue weighted by molar-refractivity contribution is -0.148. The van der Waals surface area contributed by atoms with Crippen LogP contribution < -0.4 is 37.6 Å². The van der Waals surface area contributed by atoms with Crippen LogP contribution in [-0.2, 0) is 69.9 Å².